The Kier molecular flexibility index (Phi) is 5.42. The van der Waals surface area contributed by atoms with Crippen molar-refractivity contribution in [3.8, 4) is 0 Å². The maximum Gasteiger partial charge on any atom is 0.0615 e. The molecular formula is C14H27NO3. The van der Waals surface area contributed by atoms with Crippen molar-refractivity contribution in [2.24, 2.45) is 11.8 Å². The zero-order chi connectivity index (χ0) is 12.8. The number of rotatable bonds is 7. The van der Waals surface area contributed by atoms with E-state index >= 15 is 0 Å². The predicted octanol–water partition coefficient (Wildman–Crippen LogP) is 1.18. The summed E-state index contributed by atoms with van der Waals surface area (Å²) in [6.45, 7) is 3.64. The van der Waals surface area contributed by atoms with Crippen LogP contribution in [0.2, 0.25) is 0 Å². The van der Waals surface area contributed by atoms with Gasteiger partial charge in [-0.1, -0.05) is 6.42 Å². The van der Waals surface area contributed by atoms with Gasteiger partial charge >= 0.3 is 0 Å². The van der Waals surface area contributed by atoms with Crippen molar-refractivity contribution >= 4 is 0 Å². The van der Waals surface area contributed by atoms with Crippen LogP contribution < -0.4 is 5.32 Å². The largest absolute Gasteiger partial charge is 0.394 e. The number of hydrogen-bond acceptors (Lipinski definition) is 4. The van der Waals surface area contributed by atoms with E-state index in [-0.39, 0.29) is 12.1 Å². The normalized spacial score (nSPS) is 36.3. The molecule has 4 nitrogen and oxygen atoms in total. The molecule has 2 aliphatic rings. The van der Waals surface area contributed by atoms with Crippen molar-refractivity contribution in [3.05, 3.63) is 0 Å². The smallest absolute Gasteiger partial charge is 0.0615 e. The molecule has 0 aromatic carbocycles. The molecule has 1 saturated carbocycles. The van der Waals surface area contributed by atoms with Crippen molar-refractivity contribution in [2.45, 2.75) is 37.6 Å². The van der Waals surface area contributed by atoms with Crippen LogP contribution in [0.3, 0.4) is 0 Å². The summed E-state index contributed by atoms with van der Waals surface area (Å²) in [6, 6.07) is 0. The second-order valence-corrected chi connectivity index (χ2v) is 5.75. The molecule has 1 saturated heterocycles. The number of hydrogen-bond donors (Lipinski definition) is 2. The van der Waals surface area contributed by atoms with E-state index in [1.807, 2.05) is 7.05 Å². The Morgan fingerprint density at radius 2 is 2.33 bits per heavy atom. The third-order valence-electron chi connectivity index (χ3n) is 4.73. The molecule has 0 spiro atoms. The third kappa shape index (κ3) is 3.23. The van der Waals surface area contributed by atoms with Crippen LogP contribution in [0.1, 0.15) is 32.1 Å². The fourth-order valence-corrected chi connectivity index (χ4v) is 3.37. The maximum absolute atomic E-state index is 9.60. The Balaban J connectivity index is 1.66. The Hall–Kier alpha value is -0.160. The molecule has 0 aromatic rings. The lowest BCUT2D eigenvalue weighted by atomic mass is 9.86. The molecule has 1 aliphatic heterocycles. The van der Waals surface area contributed by atoms with Crippen LogP contribution in [0.15, 0.2) is 0 Å². The average molecular weight is 257 g/mol. The van der Waals surface area contributed by atoms with Crippen molar-refractivity contribution in [2.75, 3.05) is 40.1 Å². The zero-order valence-corrected chi connectivity index (χ0v) is 11.5. The van der Waals surface area contributed by atoms with E-state index in [1.54, 1.807) is 0 Å². The fourth-order valence-electron chi connectivity index (χ4n) is 3.37. The molecule has 1 aliphatic carbocycles. The molecular weight excluding hydrogens is 230 g/mol. The molecule has 3 unspecified atom stereocenters. The lowest BCUT2D eigenvalue weighted by Crippen LogP contribution is -2.49. The van der Waals surface area contributed by atoms with Gasteiger partial charge in [-0.2, -0.15) is 0 Å². The summed E-state index contributed by atoms with van der Waals surface area (Å²) in [5, 5.41) is 12.9. The quantitative estimate of drug-likeness (QED) is 0.673. The van der Waals surface area contributed by atoms with E-state index in [4.69, 9.17) is 9.47 Å². The Morgan fingerprint density at radius 3 is 3.00 bits per heavy atom. The first-order chi connectivity index (χ1) is 8.80. The van der Waals surface area contributed by atoms with Crippen molar-refractivity contribution in [1.82, 2.24) is 5.32 Å². The number of aliphatic hydroxyl groups is 1. The van der Waals surface area contributed by atoms with E-state index in [0.717, 1.165) is 45.7 Å². The minimum atomic E-state index is -0.0557. The molecule has 4 heteroatoms. The van der Waals surface area contributed by atoms with E-state index in [0.29, 0.717) is 11.8 Å². The van der Waals surface area contributed by atoms with E-state index in [1.165, 1.54) is 12.8 Å². The molecule has 18 heavy (non-hydrogen) atoms. The highest BCUT2D eigenvalue weighted by molar-refractivity contribution is 4.97. The molecule has 0 radical (unpaired) electrons. The molecule has 106 valence electrons. The number of aliphatic hydroxyl groups excluding tert-OH is 1. The van der Waals surface area contributed by atoms with Gasteiger partial charge < -0.3 is 19.9 Å². The third-order valence-corrected chi connectivity index (χ3v) is 4.73. The van der Waals surface area contributed by atoms with Gasteiger partial charge in [0.2, 0.25) is 0 Å². The highest BCUT2D eigenvalue weighted by Crippen LogP contribution is 2.37. The van der Waals surface area contributed by atoms with Gasteiger partial charge in [-0.15, -0.1) is 0 Å². The van der Waals surface area contributed by atoms with Crippen molar-refractivity contribution < 1.29 is 14.6 Å². The van der Waals surface area contributed by atoms with Gasteiger partial charge in [0.25, 0.3) is 0 Å². The first-order valence-corrected chi connectivity index (χ1v) is 7.26. The molecule has 0 aromatic heterocycles. The van der Waals surface area contributed by atoms with Crippen molar-refractivity contribution in [1.29, 1.82) is 0 Å². The molecule has 0 bridgehead atoms. The second-order valence-electron chi connectivity index (χ2n) is 5.75. The second kappa shape index (κ2) is 6.85. The molecule has 2 rings (SSSR count). The lowest BCUT2D eigenvalue weighted by Gasteiger charge is -2.33. The number of ether oxygens (including phenoxy) is 2. The number of nitrogens with one attached hydrogen (secondary N) is 1. The summed E-state index contributed by atoms with van der Waals surface area (Å²) in [6.07, 6.45) is 5.69. The first kappa shape index (κ1) is 14.3. The molecule has 3 atom stereocenters. The molecule has 1 heterocycles. The van der Waals surface area contributed by atoms with Crippen LogP contribution in [0.25, 0.3) is 0 Å². The highest BCUT2D eigenvalue weighted by atomic mass is 16.5. The van der Waals surface area contributed by atoms with Gasteiger partial charge in [-0.05, 0) is 38.6 Å². The van der Waals surface area contributed by atoms with Crippen molar-refractivity contribution in [3.63, 3.8) is 0 Å². The van der Waals surface area contributed by atoms with Gasteiger partial charge in [-0.3, -0.25) is 0 Å². The van der Waals surface area contributed by atoms with Crippen LogP contribution in [-0.4, -0.2) is 50.7 Å². The Bertz CT molecular complexity index is 237. The lowest BCUT2D eigenvalue weighted by molar-refractivity contribution is 0.0618. The van der Waals surface area contributed by atoms with Gasteiger partial charge in [0, 0.05) is 24.7 Å². The predicted molar refractivity (Wildman–Crippen MR) is 70.6 cm³/mol. The van der Waals surface area contributed by atoms with E-state index < -0.39 is 0 Å². The summed E-state index contributed by atoms with van der Waals surface area (Å²) >= 11 is 0. The van der Waals surface area contributed by atoms with Gasteiger partial charge in [0.05, 0.1) is 19.8 Å². The molecule has 2 fully saturated rings. The number of likely N-dealkylation sites (N-methyl/N-ethyl adjacent to an activating group) is 1. The first-order valence-electron chi connectivity index (χ1n) is 7.26. The zero-order valence-electron chi connectivity index (χ0n) is 11.5. The van der Waals surface area contributed by atoms with E-state index in [9.17, 15) is 5.11 Å². The summed E-state index contributed by atoms with van der Waals surface area (Å²) in [5.74, 6) is 1.15. The minimum Gasteiger partial charge on any atom is -0.394 e. The fraction of sp³-hybridized carbons (Fsp3) is 1.00. The SMILES string of the molecule is CNC1(CO)CCCC1CCOCC1CCOC1. The minimum absolute atomic E-state index is 0.0557. The Morgan fingerprint density at radius 1 is 1.44 bits per heavy atom. The standard InChI is InChI=1S/C14H27NO3/c1-15-14(11-16)6-2-3-13(14)5-8-18-10-12-4-7-17-9-12/h12-13,15-16H,2-11H2,1H3. The maximum atomic E-state index is 9.60. The summed E-state index contributed by atoms with van der Waals surface area (Å²) in [4.78, 5) is 0. The van der Waals surface area contributed by atoms with Crippen LogP contribution in [-0.2, 0) is 9.47 Å². The van der Waals surface area contributed by atoms with Crippen LogP contribution in [0, 0.1) is 11.8 Å². The summed E-state index contributed by atoms with van der Waals surface area (Å²) < 4.78 is 11.1. The molecule has 0 amide bonds. The van der Waals surface area contributed by atoms with Crippen LogP contribution in [0.5, 0.6) is 0 Å². The van der Waals surface area contributed by atoms with Crippen LogP contribution >= 0.6 is 0 Å². The molecule has 2 N–H and O–H groups in total. The summed E-state index contributed by atoms with van der Waals surface area (Å²) in [5.41, 5.74) is -0.0557. The highest BCUT2D eigenvalue weighted by Gasteiger charge is 2.40. The topological polar surface area (TPSA) is 50.7 Å². The van der Waals surface area contributed by atoms with Crippen LogP contribution in [0.4, 0.5) is 0 Å². The monoisotopic (exact) mass is 257 g/mol. The van der Waals surface area contributed by atoms with Gasteiger partial charge in [0.15, 0.2) is 0 Å². The van der Waals surface area contributed by atoms with E-state index in [2.05, 4.69) is 5.32 Å². The summed E-state index contributed by atoms with van der Waals surface area (Å²) in [7, 11) is 1.96. The van der Waals surface area contributed by atoms with Gasteiger partial charge in [0.1, 0.15) is 0 Å². The Labute approximate surface area is 110 Å². The van der Waals surface area contributed by atoms with Gasteiger partial charge in [-0.25, -0.2) is 0 Å². The average Bonchev–Trinajstić information content (AvgIpc) is 3.04.